The van der Waals surface area contributed by atoms with E-state index in [2.05, 4.69) is 31.0 Å². The van der Waals surface area contributed by atoms with Crippen LogP contribution in [0.2, 0.25) is 0 Å². The Kier molecular flexibility index (Phi) is 7.86. The average Bonchev–Trinajstić information content (AvgIpc) is 2.59. The zero-order valence-electron chi connectivity index (χ0n) is 15.5. The first-order valence-corrected chi connectivity index (χ1v) is 9.30. The van der Waals surface area contributed by atoms with E-state index in [1.165, 1.54) is 24.8 Å². The van der Waals surface area contributed by atoms with E-state index in [0.29, 0.717) is 0 Å². The lowest BCUT2D eigenvalue weighted by atomic mass is 9.89. The van der Waals surface area contributed by atoms with Crippen LogP contribution >= 0.6 is 0 Å². The average molecular weight is 335 g/mol. The minimum absolute atomic E-state index is 0.207. The highest BCUT2D eigenvalue weighted by molar-refractivity contribution is 5.43. The number of piperidine rings is 1. The Morgan fingerprint density at radius 3 is 2.79 bits per heavy atom. The van der Waals surface area contributed by atoms with Gasteiger partial charge in [0.05, 0.1) is 19.8 Å². The molecule has 136 valence electrons. The van der Waals surface area contributed by atoms with Gasteiger partial charge in [-0.25, -0.2) is 0 Å². The molecule has 0 aliphatic carbocycles. The summed E-state index contributed by atoms with van der Waals surface area (Å²) in [6.07, 6.45) is 6.32. The molecule has 1 aromatic rings. The van der Waals surface area contributed by atoms with Gasteiger partial charge in [-0.15, -0.1) is 0 Å². The highest BCUT2D eigenvalue weighted by Crippen LogP contribution is 2.30. The van der Waals surface area contributed by atoms with E-state index in [-0.39, 0.29) is 12.0 Å². The third-order valence-corrected chi connectivity index (χ3v) is 4.88. The minimum Gasteiger partial charge on any atom is -0.493 e. The summed E-state index contributed by atoms with van der Waals surface area (Å²) in [7, 11) is 3.81. The molecule has 1 aromatic carbocycles. The van der Waals surface area contributed by atoms with Crippen LogP contribution in [0.1, 0.15) is 44.6 Å². The highest BCUT2D eigenvalue weighted by Gasteiger charge is 2.26. The molecule has 0 spiro atoms. The van der Waals surface area contributed by atoms with Crippen molar-refractivity contribution in [3.05, 3.63) is 23.8 Å². The molecule has 1 aliphatic rings. The maximum Gasteiger partial charge on any atom is 0.161 e. The molecular formula is C20H33NO3. The molecule has 0 amide bonds. The summed E-state index contributed by atoms with van der Waals surface area (Å²) in [5.41, 5.74) is 1.20. The van der Waals surface area contributed by atoms with Gasteiger partial charge in [0.25, 0.3) is 0 Å². The van der Waals surface area contributed by atoms with Crippen molar-refractivity contribution in [3.63, 3.8) is 0 Å². The summed E-state index contributed by atoms with van der Waals surface area (Å²) in [5.74, 6) is 1.90. The lowest BCUT2D eigenvalue weighted by Crippen LogP contribution is -2.41. The molecule has 1 saturated heterocycles. The molecule has 4 nitrogen and oxygen atoms in total. The summed E-state index contributed by atoms with van der Waals surface area (Å²) in [5, 5.41) is 10.2. The summed E-state index contributed by atoms with van der Waals surface area (Å²) in [6, 6.07) is 6.17. The van der Waals surface area contributed by atoms with Crippen molar-refractivity contribution in [2.45, 2.75) is 51.6 Å². The van der Waals surface area contributed by atoms with Gasteiger partial charge in [-0.05, 0) is 44.0 Å². The fourth-order valence-electron chi connectivity index (χ4n) is 3.37. The maximum absolute atomic E-state index is 10.2. The first kappa shape index (κ1) is 19.1. The standard InChI is InChI=1S/C20H33NO3/c1-4-5-6-7-12-24-19-9-8-16(14-20(19)23-3)13-17-15-21(2)11-10-18(17)22/h8-9,14,17-18,22H,4-7,10-13,15H2,1-3H3. The molecular weight excluding hydrogens is 302 g/mol. The molecule has 1 fully saturated rings. The van der Waals surface area contributed by atoms with E-state index < -0.39 is 0 Å². The van der Waals surface area contributed by atoms with Crippen molar-refractivity contribution in [2.75, 3.05) is 33.9 Å². The molecule has 0 saturated carbocycles. The molecule has 4 heteroatoms. The monoisotopic (exact) mass is 335 g/mol. The smallest absolute Gasteiger partial charge is 0.161 e. The Labute approximate surface area is 146 Å². The second-order valence-electron chi connectivity index (χ2n) is 6.98. The molecule has 24 heavy (non-hydrogen) atoms. The van der Waals surface area contributed by atoms with Gasteiger partial charge >= 0.3 is 0 Å². The lowest BCUT2D eigenvalue weighted by molar-refractivity contribution is 0.0366. The quantitative estimate of drug-likeness (QED) is 0.701. The van der Waals surface area contributed by atoms with E-state index >= 15 is 0 Å². The van der Waals surface area contributed by atoms with E-state index in [9.17, 15) is 5.11 Å². The first-order valence-electron chi connectivity index (χ1n) is 9.30. The first-order chi connectivity index (χ1) is 11.6. The topological polar surface area (TPSA) is 41.9 Å². The SMILES string of the molecule is CCCCCCOc1ccc(CC2CN(C)CCC2O)cc1OC. The molecule has 1 N–H and O–H groups in total. The van der Waals surface area contributed by atoms with Gasteiger partial charge in [0.15, 0.2) is 11.5 Å². The van der Waals surface area contributed by atoms with Crippen LogP contribution in [-0.4, -0.2) is 50.0 Å². The number of benzene rings is 1. The molecule has 0 aromatic heterocycles. The third kappa shape index (κ3) is 5.67. The number of rotatable bonds is 9. The summed E-state index contributed by atoms with van der Waals surface area (Å²) < 4.78 is 11.4. The van der Waals surface area contributed by atoms with Crippen molar-refractivity contribution < 1.29 is 14.6 Å². The molecule has 0 radical (unpaired) electrons. The van der Waals surface area contributed by atoms with E-state index in [1.54, 1.807) is 7.11 Å². The van der Waals surface area contributed by atoms with E-state index in [0.717, 1.165) is 50.5 Å². The van der Waals surface area contributed by atoms with Gasteiger partial charge in [-0.3, -0.25) is 0 Å². The number of aliphatic hydroxyl groups excluding tert-OH is 1. The molecule has 0 bridgehead atoms. The number of hydrogen-bond acceptors (Lipinski definition) is 4. The van der Waals surface area contributed by atoms with Crippen molar-refractivity contribution in [2.24, 2.45) is 5.92 Å². The predicted molar refractivity (Wildman–Crippen MR) is 97.9 cm³/mol. The minimum atomic E-state index is -0.207. The van der Waals surface area contributed by atoms with Gasteiger partial charge in [0, 0.05) is 19.0 Å². The van der Waals surface area contributed by atoms with Crippen LogP contribution in [0.15, 0.2) is 18.2 Å². The Morgan fingerprint density at radius 2 is 2.04 bits per heavy atom. The van der Waals surface area contributed by atoms with Gasteiger partial charge in [0.2, 0.25) is 0 Å². The summed E-state index contributed by atoms with van der Waals surface area (Å²) >= 11 is 0. The van der Waals surface area contributed by atoms with Crippen molar-refractivity contribution in [1.29, 1.82) is 0 Å². The van der Waals surface area contributed by atoms with Crippen LogP contribution in [0.25, 0.3) is 0 Å². The van der Waals surface area contributed by atoms with Gasteiger partial charge in [-0.2, -0.15) is 0 Å². The molecule has 1 aliphatic heterocycles. The van der Waals surface area contributed by atoms with Gasteiger partial charge in [0.1, 0.15) is 0 Å². The van der Waals surface area contributed by atoms with Crippen molar-refractivity contribution in [3.8, 4) is 11.5 Å². The molecule has 2 rings (SSSR count). The van der Waals surface area contributed by atoms with Crippen LogP contribution < -0.4 is 9.47 Å². The maximum atomic E-state index is 10.2. The molecule has 1 heterocycles. The number of aliphatic hydroxyl groups is 1. The van der Waals surface area contributed by atoms with Crippen LogP contribution in [0.4, 0.5) is 0 Å². The number of unbranched alkanes of at least 4 members (excludes halogenated alkanes) is 3. The van der Waals surface area contributed by atoms with Crippen molar-refractivity contribution >= 4 is 0 Å². The highest BCUT2D eigenvalue weighted by atomic mass is 16.5. The fraction of sp³-hybridized carbons (Fsp3) is 0.700. The lowest BCUT2D eigenvalue weighted by Gasteiger charge is -2.34. The normalized spacial score (nSPS) is 21.7. The second-order valence-corrected chi connectivity index (χ2v) is 6.98. The number of nitrogens with zero attached hydrogens (tertiary/aromatic N) is 1. The third-order valence-electron chi connectivity index (χ3n) is 4.88. The zero-order valence-corrected chi connectivity index (χ0v) is 15.5. The Morgan fingerprint density at radius 1 is 1.21 bits per heavy atom. The van der Waals surface area contributed by atoms with E-state index in [1.807, 2.05) is 6.07 Å². The van der Waals surface area contributed by atoms with Crippen molar-refractivity contribution in [1.82, 2.24) is 4.90 Å². The number of ether oxygens (including phenoxy) is 2. The molecule has 2 atom stereocenters. The summed E-state index contributed by atoms with van der Waals surface area (Å²) in [4.78, 5) is 2.29. The Balaban J connectivity index is 1.92. The predicted octanol–water partition coefficient (Wildman–Crippen LogP) is 3.51. The van der Waals surface area contributed by atoms with Gasteiger partial charge in [-0.1, -0.05) is 32.3 Å². The largest absolute Gasteiger partial charge is 0.493 e. The Bertz CT molecular complexity index is 492. The zero-order chi connectivity index (χ0) is 17.4. The van der Waals surface area contributed by atoms with Crippen LogP contribution in [-0.2, 0) is 6.42 Å². The van der Waals surface area contributed by atoms with Gasteiger partial charge < -0.3 is 19.5 Å². The summed E-state index contributed by atoms with van der Waals surface area (Å²) in [6.45, 7) is 4.87. The number of hydrogen-bond donors (Lipinski definition) is 1. The second kappa shape index (κ2) is 9.90. The van der Waals surface area contributed by atoms with Crippen LogP contribution in [0.5, 0.6) is 11.5 Å². The number of likely N-dealkylation sites (tertiary alicyclic amines) is 1. The number of methoxy groups -OCH3 is 1. The fourth-order valence-corrected chi connectivity index (χ4v) is 3.37. The van der Waals surface area contributed by atoms with Crippen LogP contribution in [0.3, 0.4) is 0 Å². The van der Waals surface area contributed by atoms with E-state index in [4.69, 9.17) is 9.47 Å². The molecule has 2 unspecified atom stereocenters. The van der Waals surface area contributed by atoms with Crippen LogP contribution in [0, 0.1) is 5.92 Å². The Hall–Kier alpha value is -1.26.